The predicted octanol–water partition coefficient (Wildman–Crippen LogP) is 1.40. The molecule has 116 valence electrons. The Balaban J connectivity index is 1.62. The van der Waals surface area contributed by atoms with E-state index in [0.29, 0.717) is 17.9 Å². The lowest BCUT2D eigenvalue weighted by atomic mass is 10.3. The topological polar surface area (TPSA) is 112 Å². The second-order valence-electron chi connectivity index (χ2n) is 4.38. The summed E-state index contributed by atoms with van der Waals surface area (Å²) in [5, 5.41) is 17.9. The first kappa shape index (κ1) is 16.0. The van der Waals surface area contributed by atoms with Crippen molar-refractivity contribution in [3.8, 4) is 0 Å². The van der Waals surface area contributed by atoms with Crippen molar-refractivity contribution >= 4 is 33.6 Å². The third-order valence-corrected chi connectivity index (χ3v) is 3.20. The first-order valence-electron chi connectivity index (χ1n) is 6.55. The number of carbonyl (C=O) groups is 2. The van der Waals surface area contributed by atoms with E-state index >= 15 is 0 Å². The lowest BCUT2D eigenvalue weighted by Gasteiger charge is -2.07. The van der Waals surface area contributed by atoms with Crippen molar-refractivity contribution in [2.24, 2.45) is 0 Å². The zero-order valence-corrected chi connectivity index (χ0v) is 13.2. The third kappa shape index (κ3) is 5.52. The zero-order valence-electron chi connectivity index (χ0n) is 11.6. The van der Waals surface area contributed by atoms with Crippen LogP contribution in [0, 0.1) is 0 Å². The second-order valence-corrected chi connectivity index (χ2v) is 5.29. The van der Waals surface area contributed by atoms with Gasteiger partial charge in [-0.1, -0.05) is 15.9 Å². The minimum absolute atomic E-state index is 0.174. The van der Waals surface area contributed by atoms with E-state index in [0.717, 1.165) is 4.47 Å². The highest BCUT2D eigenvalue weighted by Gasteiger charge is 2.05. The molecule has 1 aromatic heterocycles. The standard InChI is InChI=1S/C13H15BrN6O2/c14-9-1-3-10(4-2-9)18-13(22)15-6-5-12(21)16-7-11-8-17-20-19-11/h1-4,8H,5-7H2,(H,16,21)(H2,15,18,22)(H,17,19,20). The van der Waals surface area contributed by atoms with Crippen LogP contribution in [-0.2, 0) is 11.3 Å². The number of rotatable bonds is 6. The number of amides is 3. The van der Waals surface area contributed by atoms with Gasteiger partial charge in [-0.05, 0) is 24.3 Å². The van der Waals surface area contributed by atoms with Crippen LogP contribution in [0.25, 0.3) is 0 Å². The summed E-state index contributed by atoms with van der Waals surface area (Å²) < 4.78 is 0.933. The van der Waals surface area contributed by atoms with Gasteiger partial charge in [-0.15, -0.1) is 0 Å². The predicted molar refractivity (Wildman–Crippen MR) is 84.0 cm³/mol. The van der Waals surface area contributed by atoms with E-state index in [4.69, 9.17) is 0 Å². The molecule has 0 radical (unpaired) electrons. The van der Waals surface area contributed by atoms with Gasteiger partial charge in [0.2, 0.25) is 5.91 Å². The maximum absolute atomic E-state index is 11.6. The van der Waals surface area contributed by atoms with Gasteiger partial charge in [0, 0.05) is 23.1 Å². The van der Waals surface area contributed by atoms with E-state index in [1.807, 2.05) is 12.1 Å². The fourth-order valence-corrected chi connectivity index (χ4v) is 1.85. The summed E-state index contributed by atoms with van der Waals surface area (Å²) >= 11 is 3.32. The van der Waals surface area contributed by atoms with Gasteiger partial charge in [-0.3, -0.25) is 4.79 Å². The van der Waals surface area contributed by atoms with Gasteiger partial charge in [0.15, 0.2) is 0 Å². The van der Waals surface area contributed by atoms with Crippen LogP contribution in [0.1, 0.15) is 12.1 Å². The second kappa shape index (κ2) is 8.13. The number of anilines is 1. The summed E-state index contributed by atoms with van der Waals surface area (Å²) in [5.41, 5.74) is 1.32. The number of aromatic amines is 1. The Kier molecular flexibility index (Phi) is 5.90. The lowest BCUT2D eigenvalue weighted by Crippen LogP contribution is -2.33. The van der Waals surface area contributed by atoms with E-state index in [1.54, 1.807) is 12.1 Å². The highest BCUT2D eigenvalue weighted by molar-refractivity contribution is 9.10. The minimum atomic E-state index is -0.355. The molecule has 8 nitrogen and oxygen atoms in total. The molecule has 0 aliphatic heterocycles. The number of aromatic nitrogens is 3. The Bertz CT molecular complexity index is 614. The van der Waals surface area contributed by atoms with Crippen molar-refractivity contribution in [1.29, 1.82) is 0 Å². The molecule has 0 unspecified atom stereocenters. The van der Waals surface area contributed by atoms with Crippen LogP contribution in [0.2, 0.25) is 0 Å². The van der Waals surface area contributed by atoms with Crippen LogP contribution in [0.3, 0.4) is 0 Å². The number of H-pyrrole nitrogens is 1. The molecular formula is C13H15BrN6O2. The van der Waals surface area contributed by atoms with Crippen LogP contribution < -0.4 is 16.0 Å². The molecule has 1 heterocycles. The first-order chi connectivity index (χ1) is 10.6. The van der Waals surface area contributed by atoms with E-state index in [2.05, 4.69) is 47.3 Å². The van der Waals surface area contributed by atoms with Crippen molar-refractivity contribution in [3.05, 3.63) is 40.6 Å². The molecule has 0 saturated heterocycles. The van der Waals surface area contributed by atoms with Gasteiger partial charge in [-0.2, -0.15) is 15.4 Å². The van der Waals surface area contributed by atoms with Crippen molar-refractivity contribution in [2.45, 2.75) is 13.0 Å². The third-order valence-electron chi connectivity index (χ3n) is 2.67. The lowest BCUT2D eigenvalue weighted by molar-refractivity contribution is -0.121. The highest BCUT2D eigenvalue weighted by Crippen LogP contribution is 2.13. The maximum Gasteiger partial charge on any atom is 0.319 e. The van der Waals surface area contributed by atoms with Gasteiger partial charge in [-0.25, -0.2) is 4.79 Å². The monoisotopic (exact) mass is 366 g/mol. The SMILES string of the molecule is O=C(CCNC(=O)Nc1ccc(Br)cc1)NCc1cn[nH]n1. The molecular weight excluding hydrogens is 352 g/mol. The Morgan fingerprint density at radius 3 is 2.64 bits per heavy atom. The Morgan fingerprint density at radius 1 is 1.18 bits per heavy atom. The Morgan fingerprint density at radius 2 is 1.95 bits per heavy atom. The number of urea groups is 1. The molecule has 4 N–H and O–H groups in total. The largest absolute Gasteiger partial charge is 0.350 e. The summed E-state index contributed by atoms with van der Waals surface area (Å²) in [4.78, 5) is 23.2. The van der Waals surface area contributed by atoms with Gasteiger partial charge in [0.1, 0.15) is 5.69 Å². The fourth-order valence-electron chi connectivity index (χ4n) is 1.59. The summed E-state index contributed by atoms with van der Waals surface area (Å²) in [6, 6.07) is 6.84. The number of halogens is 1. The average molecular weight is 367 g/mol. The summed E-state index contributed by atoms with van der Waals surface area (Å²) in [5.74, 6) is -0.174. The van der Waals surface area contributed by atoms with Crippen molar-refractivity contribution in [2.75, 3.05) is 11.9 Å². The number of hydrogen-bond donors (Lipinski definition) is 4. The zero-order chi connectivity index (χ0) is 15.8. The van der Waals surface area contributed by atoms with E-state index < -0.39 is 0 Å². The van der Waals surface area contributed by atoms with Crippen LogP contribution in [0.15, 0.2) is 34.9 Å². The van der Waals surface area contributed by atoms with Crippen molar-refractivity contribution in [3.63, 3.8) is 0 Å². The normalized spacial score (nSPS) is 10.0. The molecule has 1 aromatic carbocycles. The quantitative estimate of drug-likeness (QED) is 0.618. The molecule has 0 fully saturated rings. The number of nitrogens with zero attached hydrogens (tertiary/aromatic N) is 2. The Hall–Kier alpha value is -2.42. The summed E-state index contributed by atoms with van der Waals surface area (Å²) in [7, 11) is 0. The van der Waals surface area contributed by atoms with Gasteiger partial charge < -0.3 is 16.0 Å². The van der Waals surface area contributed by atoms with Crippen LogP contribution in [-0.4, -0.2) is 33.9 Å². The van der Waals surface area contributed by atoms with Crippen molar-refractivity contribution in [1.82, 2.24) is 26.0 Å². The van der Waals surface area contributed by atoms with Crippen LogP contribution in [0.5, 0.6) is 0 Å². The molecule has 0 atom stereocenters. The molecule has 9 heteroatoms. The molecule has 0 aliphatic rings. The van der Waals surface area contributed by atoms with E-state index in [9.17, 15) is 9.59 Å². The summed E-state index contributed by atoms with van der Waals surface area (Å²) in [6.45, 7) is 0.549. The maximum atomic E-state index is 11.6. The van der Waals surface area contributed by atoms with Gasteiger partial charge in [0.05, 0.1) is 12.7 Å². The van der Waals surface area contributed by atoms with Crippen molar-refractivity contribution < 1.29 is 9.59 Å². The molecule has 0 saturated carbocycles. The van der Waals surface area contributed by atoms with Gasteiger partial charge in [0.25, 0.3) is 0 Å². The molecule has 0 aliphatic carbocycles. The van der Waals surface area contributed by atoms with Gasteiger partial charge >= 0.3 is 6.03 Å². The molecule has 2 aromatic rings. The first-order valence-corrected chi connectivity index (χ1v) is 7.34. The number of carbonyl (C=O) groups excluding carboxylic acids is 2. The smallest absolute Gasteiger partial charge is 0.319 e. The Labute approximate surface area is 135 Å². The molecule has 0 spiro atoms. The summed E-state index contributed by atoms with van der Waals surface area (Å²) in [6.07, 6.45) is 1.72. The molecule has 0 bridgehead atoms. The van der Waals surface area contributed by atoms with Crippen LogP contribution >= 0.6 is 15.9 Å². The highest BCUT2D eigenvalue weighted by atomic mass is 79.9. The van der Waals surface area contributed by atoms with Crippen LogP contribution in [0.4, 0.5) is 10.5 Å². The molecule has 3 amide bonds. The van der Waals surface area contributed by atoms with E-state index in [-0.39, 0.29) is 24.9 Å². The van der Waals surface area contributed by atoms with E-state index in [1.165, 1.54) is 6.20 Å². The fraction of sp³-hybridized carbons (Fsp3) is 0.231. The molecule has 22 heavy (non-hydrogen) atoms. The number of nitrogens with one attached hydrogen (secondary N) is 4. The average Bonchev–Trinajstić information content (AvgIpc) is 3.01. The number of hydrogen-bond acceptors (Lipinski definition) is 4. The minimum Gasteiger partial charge on any atom is -0.350 e. The number of benzene rings is 1. The molecule has 2 rings (SSSR count).